The van der Waals surface area contributed by atoms with Gasteiger partial charge in [-0.1, -0.05) is 11.3 Å². The molecule has 0 aliphatic heterocycles. The van der Waals surface area contributed by atoms with Gasteiger partial charge in [-0.3, -0.25) is 4.79 Å². The Hall–Kier alpha value is -2.25. The molecule has 0 saturated carbocycles. The highest BCUT2D eigenvalue weighted by atomic mass is 32.1. The van der Waals surface area contributed by atoms with E-state index in [1.54, 1.807) is 33.4 Å². The molecular weight excluding hydrogens is 304 g/mol. The molecule has 0 aromatic carbocycles. The summed E-state index contributed by atoms with van der Waals surface area (Å²) in [7, 11) is 0. The van der Waals surface area contributed by atoms with Gasteiger partial charge in [-0.25, -0.2) is 4.68 Å². The molecule has 5 nitrogen and oxygen atoms in total. The van der Waals surface area contributed by atoms with Crippen molar-refractivity contribution >= 4 is 34.7 Å². The molecule has 0 unspecified atom stereocenters. The molecule has 0 aliphatic carbocycles. The highest BCUT2D eigenvalue weighted by molar-refractivity contribution is 7.10. The van der Waals surface area contributed by atoms with Crippen LogP contribution >= 0.6 is 22.7 Å². The normalized spacial score (nSPS) is 11.0. The monoisotopic (exact) mass is 316 g/mol. The number of hydrogen-bond donors (Lipinski definition) is 1. The number of rotatable bonds is 5. The molecule has 0 radical (unpaired) electrons. The Bertz CT molecular complexity index is 729. The van der Waals surface area contributed by atoms with Gasteiger partial charge in [0, 0.05) is 16.3 Å². The summed E-state index contributed by atoms with van der Waals surface area (Å²) in [5.74, 6) is -0.145. The van der Waals surface area contributed by atoms with Gasteiger partial charge in [0.15, 0.2) is 0 Å². The first kappa shape index (κ1) is 13.7. The van der Waals surface area contributed by atoms with Crippen LogP contribution in [-0.2, 0) is 11.3 Å². The molecule has 0 fully saturated rings. The minimum atomic E-state index is -0.145. The van der Waals surface area contributed by atoms with Gasteiger partial charge in [0.25, 0.3) is 0 Å². The molecule has 21 heavy (non-hydrogen) atoms. The molecule has 106 valence electrons. The van der Waals surface area contributed by atoms with E-state index in [9.17, 15) is 4.79 Å². The van der Waals surface area contributed by atoms with Crippen LogP contribution in [0.5, 0.6) is 0 Å². The third-order valence-corrected chi connectivity index (χ3v) is 4.21. The lowest BCUT2D eigenvalue weighted by atomic mass is 10.4. The summed E-state index contributed by atoms with van der Waals surface area (Å²) in [5, 5.41) is 16.8. The lowest BCUT2D eigenvalue weighted by molar-refractivity contribution is -0.116. The van der Waals surface area contributed by atoms with Crippen LogP contribution in [0.15, 0.2) is 46.6 Å². The van der Waals surface area contributed by atoms with Crippen LogP contribution in [-0.4, -0.2) is 20.9 Å². The second-order valence-corrected chi connectivity index (χ2v) is 5.96. The molecule has 0 saturated heterocycles. The number of carbonyl (C=O) groups is 1. The predicted octanol–water partition coefficient (Wildman–Crippen LogP) is 2.72. The minimum Gasteiger partial charge on any atom is -0.347 e. The van der Waals surface area contributed by atoms with Crippen molar-refractivity contribution in [3.05, 3.63) is 57.2 Å². The number of amides is 1. The summed E-state index contributed by atoms with van der Waals surface area (Å²) in [6.45, 7) is 0.359. The largest absolute Gasteiger partial charge is 0.347 e. The smallest absolute Gasteiger partial charge is 0.244 e. The Morgan fingerprint density at radius 1 is 1.38 bits per heavy atom. The van der Waals surface area contributed by atoms with Crippen molar-refractivity contribution in [3.8, 4) is 5.69 Å². The molecule has 1 N–H and O–H groups in total. The molecule has 0 atom stereocenters. The van der Waals surface area contributed by atoms with E-state index in [4.69, 9.17) is 0 Å². The zero-order valence-electron chi connectivity index (χ0n) is 11.0. The van der Waals surface area contributed by atoms with Gasteiger partial charge in [-0.2, -0.15) is 11.3 Å². The van der Waals surface area contributed by atoms with Crippen molar-refractivity contribution in [1.29, 1.82) is 0 Å². The highest BCUT2D eigenvalue weighted by Gasteiger charge is 2.04. The quantitative estimate of drug-likeness (QED) is 0.736. The Balaban J connectivity index is 1.54. The maximum Gasteiger partial charge on any atom is 0.244 e. The Kier molecular flexibility index (Phi) is 4.23. The van der Waals surface area contributed by atoms with Gasteiger partial charge in [0.1, 0.15) is 5.69 Å². The van der Waals surface area contributed by atoms with Gasteiger partial charge in [-0.05, 0) is 29.0 Å². The molecule has 3 aromatic heterocycles. The lowest BCUT2D eigenvalue weighted by Crippen LogP contribution is -2.20. The zero-order valence-corrected chi connectivity index (χ0v) is 12.6. The van der Waals surface area contributed by atoms with Gasteiger partial charge in [0.05, 0.1) is 18.4 Å². The van der Waals surface area contributed by atoms with Crippen molar-refractivity contribution in [2.24, 2.45) is 0 Å². The number of thiophene rings is 2. The maximum atomic E-state index is 11.7. The first-order chi connectivity index (χ1) is 10.3. The van der Waals surface area contributed by atoms with E-state index in [0.29, 0.717) is 6.54 Å². The Morgan fingerprint density at radius 3 is 3.10 bits per heavy atom. The fraction of sp³-hybridized carbons (Fsp3) is 0.0714. The van der Waals surface area contributed by atoms with Crippen molar-refractivity contribution < 1.29 is 4.79 Å². The van der Waals surface area contributed by atoms with Gasteiger partial charge >= 0.3 is 0 Å². The summed E-state index contributed by atoms with van der Waals surface area (Å²) in [5.41, 5.74) is 1.70. The summed E-state index contributed by atoms with van der Waals surface area (Å²) >= 11 is 3.19. The van der Waals surface area contributed by atoms with E-state index < -0.39 is 0 Å². The van der Waals surface area contributed by atoms with Crippen molar-refractivity contribution in [3.63, 3.8) is 0 Å². The standard InChI is InChI=1S/C14H12N4OS2/c19-14(4-3-13-2-1-6-21-13)15-8-11-9-18(17-16-11)12-5-7-20-10-12/h1-7,9-10H,8H2,(H,15,19)/b4-3+. The van der Waals surface area contributed by atoms with Crippen LogP contribution in [0.1, 0.15) is 10.6 Å². The fourth-order valence-electron chi connectivity index (χ4n) is 1.67. The van der Waals surface area contributed by atoms with Gasteiger partial charge < -0.3 is 5.32 Å². The molecule has 1 amide bonds. The van der Waals surface area contributed by atoms with Crippen LogP contribution in [0.3, 0.4) is 0 Å². The average Bonchev–Trinajstić information content (AvgIpc) is 3.24. The first-order valence-electron chi connectivity index (χ1n) is 6.24. The topological polar surface area (TPSA) is 59.8 Å². The molecule has 3 heterocycles. The van der Waals surface area contributed by atoms with E-state index in [-0.39, 0.29) is 5.91 Å². The molecule has 0 bridgehead atoms. The highest BCUT2D eigenvalue weighted by Crippen LogP contribution is 2.11. The third kappa shape index (κ3) is 3.65. The molecule has 7 heteroatoms. The second-order valence-electron chi connectivity index (χ2n) is 4.20. The molecule has 0 aliphatic rings. The average molecular weight is 316 g/mol. The van der Waals surface area contributed by atoms with Crippen LogP contribution in [0.25, 0.3) is 11.8 Å². The predicted molar refractivity (Wildman–Crippen MR) is 84.4 cm³/mol. The second kappa shape index (κ2) is 6.47. The van der Waals surface area contributed by atoms with Crippen LogP contribution < -0.4 is 5.32 Å². The Labute approximate surface area is 129 Å². The lowest BCUT2D eigenvalue weighted by Gasteiger charge is -1.97. The third-order valence-electron chi connectivity index (χ3n) is 2.70. The minimum absolute atomic E-state index is 0.145. The van der Waals surface area contributed by atoms with Crippen molar-refractivity contribution in [2.45, 2.75) is 6.54 Å². The van der Waals surface area contributed by atoms with Gasteiger partial charge in [-0.15, -0.1) is 16.4 Å². The summed E-state index contributed by atoms with van der Waals surface area (Å²) in [4.78, 5) is 12.8. The Morgan fingerprint density at radius 2 is 2.33 bits per heavy atom. The number of carbonyl (C=O) groups excluding carboxylic acids is 1. The number of hydrogen-bond acceptors (Lipinski definition) is 5. The van der Waals surface area contributed by atoms with Gasteiger partial charge in [0.2, 0.25) is 5.91 Å². The first-order valence-corrected chi connectivity index (χ1v) is 8.07. The fourth-order valence-corrected chi connectivity index (χ4v) is 2.91. The van der Waals surface area contributed by atoms with Crippen molar-refractivity contribution in [1.82, 2.24) is 20.3 Å². The molecule has 0 spiro atoms. The zero-order chi connectivity index (χ0) is 14.5. The summed E-state index contributed by atoms with van der Waals surface area (Å²) in [6, 6.07) is 5.87. The summed E-state index contributed by atoms with van der Waals surface area (Å²) < 4.78 is 1.69. The molecule has 3 aromatic rings. The van der Waals surface area contributed by atoms with Crippen LogP contribution in [0.2, 0.25) is 0 Å². The molecule has 3 rings (SSSR count). The van der Waals surface area contributed by atoms with E-state index in [1.807, 2.05) is 40.5 Å². The van der Waals surface area contributed by atoms with E-state index in [2.05, 4.69) is 15.6 Å². The van der Waals surface area contributed by atoms with Crippen LogP contribution in [0, 0.1) is 0 Å². The van der Waals surface area contributed by atoms with E-state index in [1.165, 1.54) is 6.08 Å². The number of nitrogens with zero attached hydrogens (tertiary/aromatic N) is 3. The van der Waals surface area contributed by atoms with Crippen molar-refractivity contribution in [2.75, 3.05) is 0 Å². The SMILES string of the molecule is O=C(/C=C/c1cccs1)NCc1cn(-c2ccsc2)nn1. The number of nitrogens with one attached hydrogen (secondary N) is 1. The van der Waals surface area contributed by atoms with E-state index >= 15 is 0 Å². The van der Waals surface area contributed by atoms with Crippen LogP contribution in [0.4, 0.5) is 0 Å². The number of aromatic nitrogens is 3. The summed E-state index contributed by atoms with van der Waals surface area (Å²) in [6.07, 6.45) is 5.13. The maximum absolute atomic E-state index is 11.7. The molecular formula is C14H12N4OS2. The van der Waals surface area contributed by atoms with E-state index in [0.717, 1.165) is 16.3 Å².